The Bertz CT molecular complexity index is 1230. The number of amides is 3. The second-order valence-corrected chi connectivity index (χ2v) is 8.10. The molecule has 5 nitrogen and oxygen atoms in total. The van der Waals surface area contributed by atoms with E-state index in [1.807, 2.05) is 36.4 Å². The van der Waals surface area contributed by atoms with Crippen LogP contribution in [0.5, 0.6) is 0 Å². The van der Waals surface area contributed by atoms with Crippen molar-refractivity contribution in [2.45, 2.75) is 31.7 Å². The summed E-state index contributed by atoms with van der Waals surface area (Å²) >= 11 is 0. The molecule has 1 aromatic heterocycles. The predicted molar refractivity (Wildman–Crippen MR) is 125 cm³/mol. The van der Waals surface area contributed by atoms with Crippen LogP contribution in [0.3, 0.4) is 0 Å². The Labute approximate surface area is 197 Å². The molecule has 2 heterocycles. The highest BCUT2D eigenvalue weighted by Gasteiger charge is 2.39. The van der Waals surface area contributed by atoms with Gasteiger partial charge in [0.2, 0.25) is 5.91 Å². The Morgan fingerprint density at radius 2 is 1.65 bits per heavy atom. The number of nitrogens with zero attached hydrogens (tertiary/aromatic N) is 3. The van der Waals surface area contributed by atoms with Gasteiger partial charge in [-0.1, -0.05) is 36.1 Å². The third-order valence-electron chi connectivity index (χ3n) is 5.76. The lowest BCUT2D eigenvalue weighted by Gasteiger charge is -2.38. The molecule has 3 aromatic rings. The SMILES string of the molecule is CN1C(=O)N(c2c(F)cc(C#Cc3ccccc3)cc2F)C(=O)CC1CCCc1ccccn1. The van der Waals surface area contributed by atoms with Gasteiger partial charge in [0, 0.05) is 42.5 Å². The fourth-order valence-corrected chi connectivity index (χ4v) is 3.95. The molecule has 0 radical (unpaired) electrons. The van der Waals surface area contributed by atoms with Crippen molar-refractivity contribution in [3.63, 3.8) is 0 Å². The first-order valence-corrected chi connectivity index (χ1v) is 11.0. The summed E-state index contributed by atoms with van der Waals surface area (Å²) in [7, 11) is 1.54. The van der Waals surface area contributed by atoms with E-state index in [1.54, 1.807) is 25.4 Å². The van der Waals surface area contributed by atoms with E-state index in [-0.39, 0.29) is 18.0 Å². The summed E-state index contributed by atoms with van der Waals surface area (Å²) in [5.74, 6) is 2.89. The van der Waals surface area contributed by atoms with Crippen LogP contribution in [-0.4, -0.2) is 34.9 Å². The zero-order valence-electron chi connectivity index (χ0n) is 18.7. The summed E-state index contributed by atoms with van der Waals surface area (Å²) in [4.78, 5) is 32.0. The average molecular weight is 459 g/mol. The molecule has 1 unspecified atom stereocenters. The van der Waals surface area contributed by atoms with Gasteiger partial charge in [-0.2, -0.15) is 0 Å². The maximum Gasteiger partial charge on any atom is 0.331 e. The third-order valence-corrected chi connectivity index (χ3v) is 5.76. The van der Waals surface area contributed by atoms with Gasteiger partial charge in [0.05, 0.1) is 0 Å². The normalized spacial score (nSPS) is 15.8. The van der Waals surface area contributed by atoms with Crippen molar-refractivity contribution >= 4 is 17.6 Å². The molecule has 172 valence electrons. The monoisotopic (exact) mass is 459 g/mol. The van der Waals surface area contributed by atoms with E-state index < -0.39 is 29.3 Å². The number of urea groups is 1. The van der Waals surface area contributed by atoms with Crippen LogP contribution in [0.25, 0.3) is 0 Å². The Balaban J connectivity index is 1.48. The molecule has 1 aliphatic rings. The van der Waals surface area contributed by atoms with E-state index in [4.69, 9.17) is 0 Å². The molecule has 7 heteroatoms. The maximum absolute atomic E-state index is 14.9. The first kappa shape index (κ1) is 23.1. The number of imide groups is 1. The number of anilines is 1. The molecule has 0 bridgehead atoms. The number of carbonyl (C=O) groups is 2. The predicted octanol–water partition coefficient (Wildman–Crippen LogP) is 4.94. The number of carbonyl (C=O) groups excluding carboxylic acids is 2. The van der Waals surface area contributed by atoms with Crippen LogP contribution in [-0.2, 0) is 11.2 Å². The topological polar surface area (TPSA) is 53.5 Å². The molecular weight excluding hydrogens is 436 g/mol. The lowest BCUT2D eigenvalue weighted by Crippen LogP contribution is -2.56. The molecule has 0 saturated carbocycles. The van der Waals surface area contributed by atoms with Gasteiger partial charge in [-0.15, -0.1) is 0 Å². The minimum atomic E-state index is -1.01. The van der Waals surface area contributed by atoms with E-state index in [2.05, 4.69) is 16.8 Å². The molecule has 1 saturated heterocycles. The van der Waals surface area contributed by atoms with Crippen molar-refractivity contribution < 1.29 is 18.4 Å². The first-order valence-electron chi connectivity index (χ1n) is 11.0. The molecule has 1 aliphatic heterocycles. The van der Waals surface area contributed by atoms with Crippen molar-refractivity contribution in [2.24, 2.45) is 0 Å². The van der Waals surface area contributed by atoms with Crippen LogP contribution in [0, 0.1) is 23.5 Å². The summed E-state index contributed by atoms with van der Waals surface area (Å²) in [6.45, 7) is 0. The van der Waals surface area contributed by atoms with Gasteiger partial charge in [0.1, 0.15) is 5.69 Å². The van der Waals surface area contributed by atoms with E-state index in [9.17, 15) is 18.4 Å². The Morgan fingerprint density at radius 1 is 0.971 bits per heavy atom. The van der Waals surface area contributed by atoms with Crippen molar-refractivity contribution in [2.75, 3.05) is 11.9 Å². The molecule has 1 fully saturated rings. The summed E-state index contributed by atoms with van der Waals surface area (Å²) < 4.78 is 29.8. The van der Waals surface area contributed by atoms with E-state index >= 15 is 0 Å². The number of rotatable bonds is 5. The van der Waals surface area contributed by atoms with Gasteiger partial charge >= 0.3 is 6.03 Å². The van der Waals surface area contributed by atoms with Crippen molar-refractivity contribution in [1.82, 2.24) is 9.88 Å². The summed E-state index contributed by atoms with van der Waals surface area (Å²) in [6, 6.07) is 15.7. The molecule has 0 N–H and O–H groups in total. The van der Waals surface area contributed by atoms with E-state index in [0.717, 1.165) is 24.2 Å². The van der Waals surface area contributed by atoms with Crippen LogP contribution >= 0.6 is 0 Å². The minimum absolute atomic E-state index is 0.0150. The van der Waals surface area contributed by atoms with Gasteiger partial charge in [0.15, 0.2) is 11.6 Å². The summed E-state index contributed by atoms with van der Waals surface area (Å²) in [5, 5.41) is 0. The lowest BCUT2D eigenvalue weighted by molar-refractivity contribution is -0.120. The van der Waals surface area contributed by atoms with Gasteiger partial charge in [0.25, 0.3) is 0 Å². The van der Waals surface area contributed by atoms with E-state index in [1.165, 1.54) is 4.90 Å². The number of aryl methyl sites for hydroxylation is 1. The summed E-state index contributed by atoms with van der Waals surface area (Å²) in [5.41, 5.74) is 1.07. The minimum Gasteiger partial charge on any atom is -0.324 e. The molecular formula is C27H23F2N3O2. The quantitative estimate of drug-likeness (QED) is 0.508. The van der Waals surface area contributed by atoms with E-state index in [0.29, 0.717) is 23.3 Å². The zero-order chi connectivity index (χ0) is 24.1. The van der Waals surface area contributed by atoms with Crippen molar-refractivity contribution in [3.05, 3.63) is 95.3 Å². The number of aromatic nitrogens is 1. The third kappa shape index (κ3) is 5.12. The zero-order valence-corrected chi connectivity index (χ0v) is 18.7. The highest BCUT2D eigenvalue weighted by Crippen LogP contribution is 2.31. The smallest absolute Gasteiger partial charge is 0.324 e. The van der Waals surface area contributed by atoms with Crippen LogP contribution in [0.1, 0.15) is 36.1 Å². The molecule has 2 aromatic carbocycles. The first-order chi connectivity index (χ1) is 16.4. The highest BCUT2D eigenvalue weighted by molar-refractivity contribution is 6.16. The van der Waals surface area contributed by atoms with Gasteiger partial charge in [-0.3, -0.25) is 9.78 Å². The highest BCUT2D eigenvalue weighted by atomic mass is 19.1. The number of benzene rings is 2. The van der Waals surface area contributed by atoms with Crippen LogP contribution in [0.15, 0.2) is 66.9 Å². The van der Waals surface area contributed by atoms with Crippen LogP contribution < -0.4 is 4.90 Å². The Hall–Kier alpha value is -4.05. The second-order valence-electron chi connectivity index (χ2n) is 8.10. The average Bonchev–Trinajstić information content (AvgIpc) is 2.84. The second kappa shape index (κ2) is 10.3. The fourth-order valence-electron chi connectivity index (χ4n) is 3.95. The van der Waals surface area contributed by atoms with Crippen LogP contribution in [0.4, 0.5) is 19.3 Å². The molecule has 3 amide bonds. The number of hydrogen-bond acceptors (Lipinski definition) is 3. The Kier molecular flexibility index (Phi) is 6.98. The number of hydrogen-bond donors (Lipinski definition) is 0. The van der Waals surface area contributed by atoms with Crippen LogP contribution in [0.2, 0.25) is 0 Å². The number of pyridine rings is 1. The standard InChI is InChI=1S/C27H23F2N3O2/c1-31-22(12-7-11-21-10-5-6-15-30-21)18-25(33)32(27(31)34)26-23(28)16-20(17-24(26)29)14-13-19-8-3-2-4-9-19/h2-6,8-10,15-17,22H,7,11-12,18H2,1H3. The van der Waals surface area contributed by atoms with Gasteiger partial charge < -0.3 is 4.90 Å². The lowest BCUT2D eigenvalue weighted by atomic mass is 10.0. The Morgan fingerprint density at radius 3 is 2.32 bits per heavy atom. The summed E-state index contributed by atoms with van der Waals surface area (Å²) in [6.07, 6.45) is 3.72. The molecule has 0 spiro atoms. The van der Waals surface area contributed by atoms with Crippen molar-refractivity contribution in [1.29, 1.82) is 0 Å². The van der Waals surface area contributed by atoms with Crippen molar-refractivity contribution in [3.8, 4) is 11.8 Å². The molecule has 1 atom stereocenters. The molecule has 34 heavy (non-hydrogen) atoms. The van der Waals surface area contributed by atoms with Gasteiger partial charge in [-0.05, 0) is 55.7 Å². The fraction of sp³-hybridized carbons (Fsp3) is 0.222. The number of halogens is 2. The molecule has 4 rings (SSSR count). The largest absolute Gasteiger partial charge is 0.331 e. The van der Waals surface area contributed by atoms with Gasteiger partial charge in [-0.25, -0.2) is 18.5 Å². The maximum atomic E-state index is 14.9. The molecule has 0 aliphatic carbocycles.